The van der Waals surface area contributed by atoms with Crippen LogP contribution in [0.5, 0.6) is 0 Å². The predicted octanol–water partition coefficient (Wildman–Crippen LogP) is 3.99. The third-order valence-electron chi connectivity index (χ3n) is 3.98. The van der Waals surface area contributed by atoms with Crippen LogP contribution in [0, 0.1) is 0 Å². The van der Waals surface area contributed by atoms with Crippen LogP contribution in [0.3, 0.4) is 0 Å². The van der Waals surface area contributed by atoms with Crippen LogP contribution in [0.25, 0.3) is 5.82 Å². The lowest BCUT2D eigenvalue weighted by Crippen LogP contribution is -2.36. The molecule has 146 valence electrons. The molecule has 0 saturated heterocycles. The van der Waals surface area contributed by atoms with Crippen molar-refractivity contribution < 1.29 is 9.90 Å². The minimum atomic E-state index is -0.319. The van der Waals surface area contributed by atoms with Gasteiger partial charge in [0.05, 0.1) is 15.7 Å². The number of aromatic nitrogens is 3. The van der Waals surface area contributed by atoms with Crippen molar-refractivity contribution in [3.8, 4) is 5.82 Å². The van der Waals surface area contributed by atoms with E-state index in [0.717, 1.165) is 5.56 Å². The fourth-order valence-electron chi connectivity index (χ4n) is 2.64. The summed E-state index contributed by atoms with van der Waals surface area (Å²) in [6, 6.07) is 10.2. The number of halogens is 2. The van der Waals surface area contributed by atoms with Gasteiger partial charge in [-0.1, -0.05) is 29.3 Å². The van der Waals surface area contributed by atoms with Crippen LogP contribution in [0.2, 0.25) is 10.0 Å². The van der Waals surface area contributed by atoms with Crippen LogP contribution in [-0.2, 0) is 6.54 Å². The van der Waals surface area contributed by atoms with Gasteiger partial charge in [-0.05, 0) is 42.3 Å². The number of aliphatic hydroxyl groups is 1. The van der Waals surface area contributed by atoms with Crippen LogP contribution in [0.4, 0.5) is 10.5 Å². The van der Waals surface area contributed by atoms with Crippen molar-refractivity contribution in [3.63, 3.8) is 0 Å². The average molecular weight is 420 g/mol. The number of hydrogen-bond donors (Lipinski definition) is 2. The van der Waals surface area contributed by atoms with Crippen LogP contribution in [-0.4, -0.2) is 44.0 Å². The lowest BCUT2D eigenvalue weighted by molar-refractivity contribution is 0.199. The molecular weight excluding hydrogens is 401 g/mol. The van der Waals surface area contributed by atoms with Gasteiger partial charge in [0.25, 0.3) is 0 Å². The van der Waals surface area contributed by atoms with Gasteiger partial charge in [0.15, 0.2) is 5.82 Å². The highest BCUT2D eigenvalue weighted by Crippen LogP contribution is 2.24. The number of benzene rings is 1. The van der Waals surface area contributed by atoms with Crippen molar-refractivity contribution in [1.82, 2.24) is 19.7 Å². The Morgan fingerprint density at radius 2 is 2.04 bits per heavy atom. The quantitative estimate of drug-likeness (QED) is 0.606. The molecule has 0 aliphatic carbocycles. The highest BCUT2D eigenvalue weighted by molar-refractivity contribution is 6.42. The van der Waals surface area contributed by atoms with E-state index in [-0.39, 0.29) is 12.6 Å². The summed E-state index contributed by atoms with van der Waals surface area (Å²) in [5, 5.41) is 17.1. The van der Waals surface area contributed by atoms with E-state index in [0.29, 0.717) is 41.1 Å². The summed E-state index contributed by atoms with van der Waals surface area (Å²) in [5.74, 6) is 0.512. The van der Waals surface area contributed by atoms with Gasteiger partial charge in [-0.2, -0.15) is 5.10 Å². The molecule has 2 amide bonds. The molecule has 2 heterocycles. The fraction of sp³-hybridized carbons (Fsp3) is 0.211. The number of aliphatic hydroxyl groups excluding tert-OH is 1. The van der Waals surface area contributed by atoms with Crippen molar-refractivity contribution in [2.45, 2.75) is 13.0 Å². The number of pyridine rings is 1. The second kappa shape index (κ2) is 9.54. The molecule has 28 heavy (non-hydrogen) atoms. The lowest BCUT2D eigenvalue weighted by Gasteiger charge is -2.23. The molecule has 0 bridgehead atoms. The number of carbonyl (C=O) groups is 1. The zero-order valence-corrected chi connectivity index (χ0v) is 16.4. The topological polar surface area (TPSA) is 83.3 Å². The second-order valence-electron chi connectivity index (χ2n) is 6.00. The molecule has 0 unspecified atom stereocenters. The highest BCUT2D eigenvalue weighted by Gasteiger charge is 2.17. The number of urea groups is 1. The molecule has 0 aliphatic heterocycles. The number of amides is 2. The Morgan fingerprint density at radius 1 is 1.18 bits per heavy atom. The summed E-state index contributed by atoms with van der Waals surface area (Å²) in [5.41, 5.74) is 1.36. The first kappa shape index (κ1) is 20.1. The number of nitrogens with one attached hydrogen (secondary N) is 1. The molecule has 2 N–H and O–H groups in total. The largest absolute Gasteiger partial charge is 0.396 e. The van der Waals surface area contributed by atoms with Gasteiger partial charge in [-0.15, -0.1) is 0 Å². The molecule has 0 saturated carbocycles. The standard InChI is InChI=1S/C19H19Cl2N5O2/c20-15-6-5-14(12-16(15)21)13-25(9-3-11-27)19(28)24-17-4-1-7-22-18(17)26-10-2-8-23-26/h1-2,4-8,10,12,27H,3,9,11,13H2,(H,24,28). The lowest BCUT2D eigenvalue weighted by atomic mass is 10.2. The number of rotatable bonds is 7. The summed E-state index contributed by atoms with van der Waals surface area (Å²) in [6.45, 7) is 0.677. The molecular formula is C19H19Cl2N5O2. The smallest absolute Gasteiger partial charge is 0.322 e. The van der Waals surface area contributed by atoms with E-state index in [4.69, 9.17) is 23.2 Å². The third kappa shape index (κ3) is 5.01. The van der Waals surface area contributed by atoms with Crippen molar-refractivity contribution >= 4 is 34.9 Å². The second-order valence-corrected chi connectivity index (χ2v) is 6.82. The number of anilines is 1. The van der Waals surface area contributed by atoms with Gasteiger partial charge >= 0.3 is 6.03 Å². The highest BCUT2D eigenvalue weighted by atomic mass is 35.5. The van der Waals surface area contributed by atoms with Crippen molar-refractivity contribution in [2.75, 3.05) is 18.5 Å². The molecule has 2 aromatic heterocycles. The van der Waals surface area contributed by atoms with E-state index in [9.17, 15) is 9.90 Å². The minimum Gasteiger partial charge on any atom is -0.396 e. The van der Waals surface area contributed by atoms with Gasteiger partial charge in [-0.25, -0.2) is 14.5 Å². The van der Waals surface area contributed by atoms with Gasteiger partial charge in [0.2, 0.25) is 0 Å². The Bertz CT molecular complexity index is 934. The summed E-state index contributed by atoms with van der Waals surface area (Å²) >= 11 is 12.0. The normalized spacial score (nSPS) is 10.7. The maximum atomic E-state index is 12.9. The fourth-order valence-corrected chi connectivity index (χ4v) is 2.96. The first-order chi connectivity index (χ1) is 13.6. The van der Waals surface area contributed by atoms with E-state index >= 15 is 0 Å². The average Bonchev–Trinajstić information content (AvgIpc) is 3.23. The summed E-state index contributed by atoms with van der Waals surface area (Å²) in [4.78, 5) is 18.8. The maximum Gasteiger partial charge on any atom is 0.322 e. The Hall–Kier alpha value is -2.61. The van der Waals surface area contributed by atoms with Crippen molar-refractivity contribution in [1.29, 1.82) is 0 Å². The summed E-state index contributed by atoms with van der Waals surface area (Å²) < 4.78 is 1.58. The molecule has 3 aromatic rings. The van der Waals surface area contributed by atoms with Crippen molar-refractivity contribution in [2.24, 2.45) is 0 Å². The summed E-state index contributed by atoms with van der Waals surface area (Å²) in [6.07, 6.45) is 5.47. The molecule has 0 spiro atoms. The van der Waals surface area contributed by atoms with E-state index in [2.05, 4.69) is 15.4 Å². The van der Waals surface area contributed by atoms with Crippen molar-refractivity contribution in [3.05, 3.63) is 70.6 Å². The number of carbonyl (C=O) groups excluding carboxylic acids is 1. The Kier molecular flexibility index (Phi) is 6.86. The molecule has 0 aliphatic rings. The van der Waals surface area contributed by atoms with Gasteiger partial charge in [0.1, 0.15) is 0 Å². The van der Waals surface area contributed by atoms with Gasteiger partial charge in [-0.3, -0.25) is 0 Å². The molecule has 9 heteroatoms. The third-order valence-corrected chi connectivity index (χ3v) is 4.72. The maximum absolute atomic E-state index is 12.9. The Labute approximate surface area is 172 Å². The molecule has 0 radical (unpaired) electrons. The molecule has 0 atom stereocenters. The molecule has 3 rings (SSSR count). The van der Waals surface area contributed by atoms with E-state index < -0.39 is 0 Å². The zero-order valence-electron chi connectivity index (χ0n) is 14.9. The molecule has 0 fully saturated rings. The number of nitrogens with zero attached hydrogens (tertiary/aromatic N) is 4. The van der Waals surface area contributed by atoms with Crippen LogP contribution >= 0.6 is 23.2 Å². The molecule has 1 aromatic carbocycles. The van der Waals surface area contributed by atoms with E-state index in [1.807, 2.05) is 6.07 Å². The van der Waals surface area contributed by atoms with Gasteiger partial charge < -0.3 is 15.3 Å². The van der Waals surface area contributed by atoms with Crippen LogP contribution in [0.15, 0.2) is 55.0 Å². The Balaban J connectivity index is 1.79. The van der Waals surface area contributed by atoms with E-state index in [1.165, 1.54) is 0 Å². The summed E-state index contributed by atoms with van der Waals surface area (Å²) in [7, 11) is 0. The number of hydrogen-bond acceptors (Lipinski definition) is 4. The van der Waals surface area contributed by atoms with E-state index in [1.54, 1.807) is 58.5 Å². The molecule has 7 nitrogen and oxygen atoms in total. The SMILES string of the molecule is O=C(Nc1cccnc1-n1cccn1)N(CCCO)Cc1ccc(Cl)c(Cl)c1. The predicted molar refractivity (Wildman–Crippen MR) is 109 cm³/mol. The zero-order chi connectivity index (χ0) is 19.9. The first-order valence-electron chi connectivity index (χ1n) is 8.64. The monoisotopic (exact) mass is 419 g/mol. The Morgan fingerprint density at radius 3 is 2.75 bits per heavy atom. The first-order valence-corrected chi connectivity index (χ1v) is 9.40. The van der Waals surface area contributed by atoms with Crippen LogP contribution < -0.4 is 5.32 Å². The van der Waals surface area contributed by atoms with Crippen LogP contribution in [0.1, 0.15) is 12.0 Å². The van der Waals surface area contributed by atoms with Gasteiger partial charge in [0, 0.05) is 38.3 Å². The minimum absolute atomic E-state index is 0.0173.